The van der Waals surface area contributed by atoms with Gasteiger partial charge in [0.15, 0.2) is 0 Å². The van der Waals surface area contributed by atoms with E-state index in [9.17, 15) is 0 Å². The lowest BCUT2D eigenvalue weighted by molar-refractivity contribution is 0.315. The second-order valence-electron chi connectivity index (χ2n) is 3.19. The Morgan fingerprint density at radius 2 is 2.09 bits per heavy atom. The molecule has 2 heteroatoms. The average Bonchev–Trinajstić information content (AvgIpc) is 1.99. The number of allylic oxidation sites excluding steroid dienone is 1. The van der Waals surface area contributed by atoms with E-state index in [2.05, 4.69) is 44.2 Å². The molecule has 1 unspecified atom stereocenters. The van der Waals surface area contributed by atoms with Gasteiger partial charge in [-0.2, -0.15) is 0 Å². The molecule has 0 radical (unpaired) electrons. The molecule has 0 aromatic carbocycles. The van der Waals surface area contributed by atoms with Crippen molar-refractivity contribution in [1.82, 2.24) is 10.2 Å². The molecule has 1 atom stereocenters. The van der Waals surface area contributed by atoms with Gasteiger partial charge in [-0.25, -0.2) is 0 Å². The van der Waals surface area contributed by atoms with Gasteiger partial charge in [0, 0.05) is 18.8 Å². The normalized spacial score (nSPS) is 15.3. The molecule has 0 aliphatic heterocycles. The Hall–Kier alpha value is -0.500. The van der Waals surface area contributed by atoms with Crippen molar-refractivity contribution >= 4 is 0 Å². The van der Waals surface area contributed by atoms with Crippen LogP contribution in [0, 0.1) is 0 Å². The third kappa shape index (κ3) is 4.85. The van der Waals surface area contributed by atoms with Crippen LogP contribution in [0.4, 0.5) is 0 Å². The van der Waals surface area contributed by atoms with Gasteiger partial charge in [0.05, 0.1) is 0 Å². The molecule has 2 nitrogen and oxygen atoms in total. The summed E-state index contributed by atoms with van der Waals surface area (Å²) < 4.78 is 0. The first kappa shape index (κ1) is 10.5. The Labute approximate surface area is 70.3 Å². The van der Waals surface area contributed by atoms with Crippen molar-refractivity contribution in [3.8, 4) is 0 Å². The molecule has 0 heterocycles. The van der Waals surface area contributed by atoms with E-state index in [0.717, 1.165) is 6.42 Å². The second kappa shape index (κ2) is 5.19. The SMILES string of the molecule is CN/C(C)=C/CC(C)N(C)C. The monoisotopic (exact) mass is 156 g/mol. The lowest BCUT2D eigenvalue weighted by Gasteiger charge is -2.17. The fourth-order valence-corrected chi connectivity index (χ4v) is 0.660. The number of rotatable bonds is 4. The summed E-state index contributed by atoms with van der Waals surface area (Å²) in [5.41, 5.74) is 1.25. The van der Waals surface area contributed by atoms with Gasteiger partial charge in [-0.1, -0.05) is 6.08 Å². The maximum absolute atomic E-state index is 3.10. The van der Waals surface area contributed by atoms with Crippen LogP contribution in [0.3, 0.4) is 0 Å². The van der Waals surface area contributed by atoms with Gasteiger partial charge in [-0.3, -0.25) is 0 Å². The first-order valence-electron chi connectivity index (χ1n) is 4.09. The summed E-state index contributed by atoms with van der Waals surface area (Å²) in [6.45, 7) is 4.31. The van der Waals surface area contributed by atoms with Crippen molar-refractivity contribution in [1.29, 1.82) is 0 Å². The van der Waals surface area contributed by atoms with Gasteiger partial charge in [0.25, 0.3) is 0 Å². The number of nitrogens with zero attached hydrogens (tertiary/aromatic N) is 1. The third-order valence-corrected chi connectivity index (χ3v) is 2.04. The molecule has 0 fully saturated rings. The molecule has 0 saturated carbocycles. The summed E-state index contributed by atoms with van der Waals surface area (Å²) in [6, 6.07) is 0.623. The van der Waals surface area contributed by atoms with Crippen molar-refractivity contribution in [3.63, 3.8) is 0 Å². The third-order valence-electron chi connectivity index (χ3n) is 2.04. The zero-order chi connectivity index (χ0) is 8.85. The Balaban J connectivity index is 3.68. The fourth-order valence-electron chi connectivity index (χ4n) is 0.660. The predicted octanol–water partition coefficient (Wildman–Crippen LogP) is 1.45. The molecule has 0 aliphatic carbocycles. The van der Waals surface area contributed by atoms with E-state index in [0.29, 0.717) is 6.04 Å². The highest BCUT2D eigenvalue weighted by atomic mass is 15.1. The van der Waals surface area contributed by atoms with Crippen LogP contribution >= 0.6 is 0 Å². The fraction of sp³-hybridized carbons (Fsp3) is 0.778. The van der Waals surface area contributed by atoms with Crippen molar-refractivity contribution in [2.75, 3.05) is 21.1 Å². The second-order valence-corrected chi connectivity index (χ2v) is 3.19. The van der Waals surface area contributed by atoms with E-state index in [1.807, 2.05) is 7.05 Å². The quantitative estimate of drug-likeness (QED) is 0.662. The van der Waals surface area contributed by atoms with Gasteiger partial charge >= 0.3 is 0 Å². The minimum absolute atomic E-state index is 0.623. The highest BCUT2D eigenvalue weighted by molar-refractivity contribution is 4.95. The first-order valence-corrected chi connectivity index (χ1v) is 4.09. The Bertz CT molecular complexity index is 128. The summed E-state index contributed by atoms with van der Waals surface area (Å²) in [7, 11) is 6.16. The van der Waals surface area contributed by atoms with Crippen LogP contribution in [0.1, 0.15) is 20.3 Å². The van der Waals surface area contributed by atoms with Crippen LogP contribution in [0.5, 0.6) is 0 Å². The summed E-state index contributed by atoms with van der Waals surface area (Å²) in [5, 5.41) is 3.10. The standard InChI is InChI=1S/C9H20N2/c1-8(10-3)6-7-9(2)11(4)5/h6,9-10H,7H2,1-5H3/b8-6+. The Kier molecular flexibility index (Phi) is 4.95. The van der Waals surface area contributed by atoms with Crippen LogP contribution in [-0.4, -0.2) is 32.1 Å². The van der Waals surface area contributed by atoms with Crippen molar-refractivity contribution in [2.45, 2.75) is 26.3 Å². The molecule has 0 rings (SSSR count). The van der Waals surface area contributed by atoms with Gasteiger partial charge in [-0.15, -0.1) is 0 Å². The molecule has 0 saturated heterocycles. The molecular weight excluding hydrogens is 136 g/mol. The number of nitrogens with one attached hydrogen (secondary N) is 1. The molecule has 66 valence electrons. The molecule has 0 aromatic rings. The maximum Gasteiger partial charge on any atom is 0.00960 e. The van der Waals surface area contributed by atoms with Gasteiger partial charge in [-0.05, 0) is 34.4 Å². The van der Waals surface area contributed by atoms with E-state index < -0.39 is 0 Å². The van der Waals surface area contributed by atoms with Crippen molar-refractivity contribution in [2.24, 2.45) is 0 Å². The molecule has 0 bridgehead atoms. The predicted molar refractivity (Wildman–Crippen MR) is 50.6 cm³/mol. The highest BCUT2D eigenvalue weighted by Crippen LogP contribution is 2.00. The highest BCUT2D eigenvalue weighted by Gasteiger charge is 2.00. The largest absolute Gasteiger partial charge is 0.392 e. The molecule has 0 aromatic heterocycles. The van der Waals surface area contributed by atoms with Gasteiger partial charge in [0.2, 0.25) is 0 Å². The number of hydrogen-bond acceptors (Lipinski definition) is 2. The molecule has 0 spiro atoms. The minimum atomic E-state index is 0.623. The minimum Gasteiger partial charge on any atom is -0.392 e. The average molecular weight is 156 g/mol. The van der Waals surface area contributed by atoms with Crippen LogP contribution in [0.2, 0.25) is 0 Å². The Morgan fingerprint density at radius 3 is 2.45 bits per heavy atom. The molecule has 0 amide bonds. The molecule has 0 aliphatic rings. The Morgan fingerprint density at radius 1 is 1.55 bits per heavy atom. The lowest BCUT2D eigenvalue weighted by atomic mass is 10.2. The molecule has 1 N–H and O–H groups in total. The van der Waals surface area contributed by atoms with E-state index in [1.54, 1.807) is 0 Å². The zero-order valence-electron chi connectivity index (χ0n) is 8.31. The van der Waals surface area contributed by atoms with E-state index in [-0.39, 0.29) is 0 Å². The summed E-state index contributed by atoms with van der Waals surface area (Å²) in [6.07, 6.45) is 3.34. The van der Waals surface area contributed by atoms with Crippen LogP contribution in [0.15, 0.2) is 11.8 Å². The van der Waals surface area contributed by atoms with E-state index in [1.165, 1.54) is 5.70 Å². The van der Waals surface area contributed by atoms with E-state index >= 15 is 0 Å². The van der Waals surface area contributed by atoms with Crippen LogP contribution in [0.25, 0.3) is 0 Å². The summed E-state index contributed by atoms with van der Waals surface area (Å²) in [5.74, 6) is 0. The van der Waals surface area contributed by atoms with Crippen LogP contribution in [-0.2, 0) is 0 Å². The van der Waals surface area contributed by atoms with Gasteiger partial charge in [0.1, 0.15) is 0 Å². The topological polar surface area (TPSA) is 15.3 Å². The zero-order valence-corrected chi connectivity index (χ0v) is 8.31. The van der Waals surface area contributed by atoms with Gasteiger partial charge < -0.3 is 10.2 Å². The smallest absolute Gasteiger partial charge is 0.00960 e. The summed E-state index contributed by atoms with van der Waals surface area (Å²) in [4.78, 5) is 2.22. The number of hydrogen-bond donors (Lipinski definition) is 1. The lowest BCUT2D eigenvalue weighted by Crippen LogP contribution is -2.24. The van der Waals surface area contributed by atoms with E-state index in [4.69, 9.17) is 0 Å². The first-order chi connectivity index (χ1) is 5.07. The maximum atomic E-state index is 3.10. The van der Waals surface area contributed by atoms with Crippen LogP contribution < -0.4 is 5.32 Å². The van der Waals surface area contributed by atoms with Crippen molar-refractivity contribution in [3.05, 3.63) is 11.8 Å². The summed E-state index contributed by atoms with van der Waals surface area (Å²) >= 11 is 0. The van der Waals surface area contributed by atoms with Crippen molar-refractivity contribution < 1.29 is 0 Å². The molecular formula is C9H20N2. The molecule has 11 heavy (non-hydrogen) atoms.